The van der Waals surface area contributed by atoms with Gasteiger partial charge in [0, 0.05) is 31.7 Å². The van der Waals surface area contributed by atoms with Gasteiger partial charge >= 0.3 is 0 Å². The van der Waals surface area contributed by atoms with Crippen molar-refractivity contribution in [2.75, 3.05) is 26.2 Å². The van der Waals surface area contributed by atoms with Gasteiger partial charge in [-0.3, -0.25) is 9.69 Å². The minimum absolute atomic E-state index is 0.0604. The van der Waals surface area contributed by atoms with Gasteiger partial charge in [-0.05, 0) is 27.7 Å². The first-order chi connectivity index (χ1) is 6.82. The second-order valence-corrected chi connectivity index (χ2v) is 5.75. The van der Waals surface area contributed by atoms with Gasteiger partial charge in [0.25, 0.3) is 0 Å². The normalized spacial score (nSPS) is 21.5. The summed E-state index contributed by atoms with van der Waals surface area (Å²) in [6.07, 6.45) is 0. The number of alkyl halides is 1. The molecule has 0 aromatic rings. The van der Waals surface area contributed by atoms with Crippen LogP contribution in [0, 0.1) is 0 Å². The molecule has 1 amide bonds. The van der Waals surface area contributed by atoms with Crippen molar-refractivity contribution in [3.8, 4) is 0 Å². The van der Waals surface area contributed by atoms with Crippen LogP contribution in [0.4, 0.5) is 0 Å². The van der Waals surface area contributed by atoms with Crippen LogP contribution in [0.3, 0.4) is 0 Å². The SMILES string of the molecule is CC(Cl)C(=O)N1CCN(C(C)(C)C)CC1. The predicted octanol–water partition coefficient (Wildman–Crippen LogP) is 1.56. The maximum Gasteiger partial charge on any atom is 0.240 e. The van der Waals surface area contributed by atoms with Crippen LogP contribution in [0.5, 0.6) is 0 Å². The topological polar surface area (TPSA) is 23.6 Å². The molecule has 1 saturated heterocycles. The lowest BCUT2D eigenvalue weighted by Crippen LogP contribution is -2.55. The van der Waals surface area contributed by atoms with Crippen molar-refractivity contribution in [1.82, 2.24) is 9.80 Å². The minimum atomic E-state index is -0.397. The minimum Gasteiger partial charge on any atom is -0.339 e. The highest BCUT2D eigenvalue weighted by Gasteiger charge is 2.28. The number of carbonyl (C=O) groups is 1. The highest BCUT2D eigenvalue weighted by atomic mass is 35.5. The van der Waals surface area contributed by atoms with E-state index in [0.717, 1.165) is 26.2 Å². The summed E-state index contributed by atoms with van der Waals surface area (Å²) in [5.41, 5.74) is 0.196. The van der Waals surface area contributed by atoms with Crippen LogP contribution in [0.2, 0.25) is 0 Å². The van der Waals surface area contributed by atoms with Crippen molar-refractivity contribution in [2.24, 2.45) is 0 Å². The third-order valence-electron chi connectivity index (χ3n) is 2.88. The van der Waals surface area contributed by atoms with E-state index in [2.05, 4.69) is 25.7 Å². The zero-order chi connectivity index (χ0) is 11.6. The first-order valence-electron chi connectivity index (χ1n) is 5.50. The fourth-order valence-corrected chi connectivity index (χ4v) is 1.99. The molecule has 1 aliphatic heterocycles. The molecule has 15 heavy (non-hydrogen) atoms. The number of hydrogen-bond acceptors (Lipinski definition) is 2. The number of piperazine rings is 1. The molecule has 3 nitrogen and oxygen atoms in total. The number of rotatable bonds is 1. The third kappa shape index (κ3) is 3.35. The summed E-state index contributed by atoms with van der Waals surface area (Å²) in [6.45, 7) is 11.8. The van der Waals surface area contributed by atoms with Crippen LogP contribution in [0.15, 0.2) is 0 Å². The Labute approximate surface area is 97.4 Å². The molecular formula is C11H21ClN2O. The third-order valence-corrected chi connectivity index (χ3v) is 3.07. The number of nitrogens with zero attached hydrogens (tertiary/aromatic N) is 2. The van der Waals surface area contributed by atoms with Crippen molar-refractivity contribution < 1.29 is 4.79 Å². The number of amides is 1. The molecule has 1 aliphatic rings. The molecule has 1 fully saturated rings. The van der Waals surface area contributed by atoms with Gasteiger partial charge < -0.3 is 4.90 Å². The van der Waals surface area contributed by atoms with Gasteiger partial charge in [0.15, 0.2) is 0 Å². The second kappa shape index (κ2) is 4.71. The molecule has 88 valence electrons. The summed E-state index contributed by atoms with van der Waals surface area (Å²) in [4.78, 5) is 15.9. The zero-order valence-corrected chi connectivity index (χ0v) is 10.8. The van der Waals surface area contributed by atoms with Crippen molar-refractivity contribution in [1.29, 1.82) is 0 Å². The molecular weight excluding hydrogens is 212 g/mol. The van der Waals surface area contributed by atoms with Gasteiger partial charge in [-0.25, -0.2) is 0 Å². The molecule has 0 aromatic heterocycles. The molecule has 0 radical (unpaired) electrons. The lowest BCUT2D eigenvalue weighted by Gasteiger charge is -2.42. The summed E-state index contributed by atoms with van der Waals surface area (Å²) in [6, 6.07) is 0. The molecule has 0 N–H and O–H groups in total. The predicted molar refractivity (Wildman–Crippen MR) is 63.2 cm³/mol. The number of hydrogen-bond donors (Lipinski definition) is 0. The van der Waals surface area contributed by atoms with Crippen LogP contribution >= 0.6 is 11.6 Å². The van der Waals surface area contributed by atoms with Crippen LogP contribution in [0.1, 0.15) is 27.7 Å². The van der Waals surface area contributed by atoms with Crippen molar-refractivity contribution >= 4 is 17.5 Å². The fourth-order valence-electron chi connectivity index (χ4n) is 1.85. The van der Waals surface area contributed by atoms with E-state index in [-0.39, 0.29) is 11.4 Å². The van der Waals surface area contributed by atoms with Crippen molar-refractivity contribution in [2.45, 2.75) is 38.6 Å². The summed E-state index contributed by atoms with van der Waals surface area (Å²) in [7, 11) is 0. The van der Waals surface area contributed by atoms with E-state index in [4.69, 9.17) is 11.6 Å². The van der Waals surface area contributed by atoms with Gasteiger partial charge in [-0.2, -0.15) is 0 Å². The molecule has 4 heteroatoms. The van der Waals surface area contributed by atoms with Crippen molar-refractivity contribution in [3.05, 3.63) is 0 Å². The summed E-state index contributed by atoms with van der Waals surface area (Å²) in [5.74, 6) is 0.0604. The number of halogens is 1. The Kier molecular flexibility index (Phi) is 4.01. The Balaban J connectivity index is 2.46. The summed E-state index contributed by atoms with van der Waals surface area (Å²) >= 11 is 5.78. The smallest absolute Gasteiger partial charge is 0.240 e. The molecule has 1 rings (SSSR count). The van der Waals surface area contributed by atoms with E-state index in [1.165, 1.54) is 0 Å². The maximum atomic E-state index is 11.6. The fraction of sp³-hybridized carbons (Fsp3) is 0.909. The maximum absolute atomic E-state index is 11.6. The lowest BCUT2D eigenvalue weighted by molar-refractivity contribution is -0.133. The monoisotopic (exact) mass is 232 g/mol. The molecule has 1 heterocycles. The molecule has 0 aromatic carbocycles. The standard InChI is InChI=1S/C11H21ClN2O/c1-9(12)10(15)13-5-7-14(8-6-13)11(2,3)4/h9H,5-8H2,1-4H3. The Morgan fingerprint density at radius 3 is 2.00 bits per heavy atom. The van der Waals surface area contributed by atoms with Gasteiger partial charge in [0.2, 0.25) is 5.91 Å². The van der Waals surface area contributed by atoms with Gasteiger partial charge in [0.05, 0.1) is 0 Å². The Bertz CT molecular complexity index is 227. The number of carbonyl (C=O) groups excluding carboxylic acids is 1. The van der Waals surface area contributed by atoms with Crippen LogP contribution in [-0.2, 0) is 4.79 Å². The quantitative estimate of drug-likeness (QED) is 0.641. The first-order valence-corrected chi connectivity index (χ1v) is 5.94. The Morgan fingerprint density at radius 1 is 1.20 bits per heavy atom. The van der Waals surface area contributed by atoms with E-state index in [1.807, 2.05) is 4.90 Å². The average Bonchev–Trinajstić information content (AvgIpc) is 2.15. The van der Waals surface area contributed by atoms with Crippen LogP contribution in [0.25, 0.3) is 0 Å². The van der Waals surface area contributed by atoms with E-state index in [1.54, 1.807) is 6.92 Å². The summed E-state index contributed by atoms with van der Waals surface area (Å²) in [5, 5.41) is -0.397. The molecule has 0 bridgehead atoms. The summed E-state index contributed by atoms with van der Waals surface area (Å²) < 4.78 is 0. The van der Waals surface area contributed by atoms with Gasteiger partial charge in [-0.15, -0.1) is 11.6 Å². The Hall–Kier alpha value is -0.280. The van der Waals surface area contributed by atoms with Gasteiger partial charge in [0.1, 0.15) is 5.38 Å². The molecule has 0 spiro atoms. The van der Waals surface area contributed by atoms with E-state index in [0.29, 0.717) is 0 Å². The van der Waals surface area contributed by atoms with Crippen LogP contribution < -0.4 is 0 Å². The van der Waals surface area contributed by atoms with E-state index in [9.17, 15) is 4.79 Å². The molecule has 1 atom stereocenters. The lowest BCUT2D eigenvalue weighted by atomic mass is 10.0. The van der Waals surface area contributed by atoms with E-state index >= 15 is 0 Å². The van der Waals surface area contributed by atoms with E-state index < -0.39 is 5.38 Å². The highest BCUT2D eigenvalue weighted by molar-refractivity contribution is 6.30. The van der Waals surface area contributed by atoms with Gasteiger partial charge in [-0.1, -0.05) is 0 Å². The van der Waals surface area contributed by atoms with Crippen molar-refractivity contribution in [3.63, 3.8) is 0 Å². The molecule has 1 unspecified atom stereocenters. The largest absolute Gasteiger partial charge is 0.339 e. The van der Waals surface area contributed by atoms with Crippen LogP contribution in [-0.4, -0.2) is 52.8 Å². The Morgan fingerprint density at radius 2 is 1.67 bits per heavy atom. The first kappa shape index (κ1) is 12.8. The zero-order valence-electron chi connectivity index (χ0n) is 10.1. The average molecular weight is 233 g/mol. The molecule has 0 saturated carbocycles. The second-order valence-electron chi connectivity index (χ2n) is 5.10. The molecule has 0 aliphatic carbocycles. The highest BCUT2D eigenvalue weighted by Crippen LogP contribution is 2.16.